The average molecular weight is 434 g/mol. The van der Waals surface area contributed by atoms with Gasteiger partial charge in [0.2, 0.25) is 0 Å². The molecular weight excluding hydrogens is 406 g/mol. The lowest BCUT2D eigenvalue weighted by Gasteiger charge is -2.38. The number of esters is 1. The van der Waals surface area contributed by atoms with Crippen LogP contribution in [0.3, 0.4) is 0 Å². The third-order valence-electron chi connectivity index (χ3n) is 4.83. The van der Waals surface area contributed by atoms with E-state index in [1.165, 1.54) is 7.11 Å². The van der Waals surface area contributed by atoms with Crippen molar-refractivity contribution in [3.8, 4) is 0 Å². The van der Waals surface area contributed by atoms with Crippen molar-refractivity contribution < 1.29 is 28.8 Å². The fourth-order valence-electron chi connectivity index (χ4n) is 3.28. The second-order valence-electron chi connectivity index (χ2n) is 8.08. The summed E-state index contributed by atoms with van der Waals surface area (Å²) in [6.07, 6.45) is 1.48. The van der Waals surface area contributed by atoms with Gasteiger partial charge in [0.1, 0.15) is 4.32 Å². The van der Waals surface area contributed by atoms with E-state index in [-0.39, 0.29) is 24.7 Å². The van der Waals surface area contributed by atoms with Crippen molar-refractivity contribution in [1.29, 1.82) is 0 Å². The average Bonchev–Trinajstić information content (AvgIpc) is 2.84. The number of alkyl halides is 1. The molecule has 26 heavy (non-hydrogen) atoms. The Bertz CT molecular complexity index is 584. The number of hydrogen-bond acceptors (Lipinski definition) is 6. The fourth-order valence-corrected chi connectivity index (χ4v) is 3.97. The summed E-state index contributed by atoms with van der Waals surface area (Å²) in [5.74, 6) is -2.32. The molecule has 2 atom stereocenters. The maximum absolute atomic E-state index is 12.6. The molecule has 1 fully saturated rings. The number of amides is 2. The van der Waals surface area contributed by atoms with E-state index in [0.29, 0.717) is 11.5 Å². The maximum atomic E-state index is 12.6. The first-order valence-corrected chi connectivity index (χ1v) is 9.43. The molecule has 8 heteroatoms. The van der Waals surface area contributed by atoms with E-state index in [1.54, 1.807) is 13.8 Å². The van der Waals surface area contributed by atoms with Gasteiger partial charge >= 0.3 is 11.9 Å². The Labute approximate surface area is 162 Å². The van der Waals surface area contributed by atoms with E-state index < -0.39 is 33.5 Å². The van der Waals surface area contributed by atoms with E-state index >= 15 is 0 Å². The van der Waals surface area contributed by atoms with Crippen LogP contribution in [0.25, 0.3) is 0 Å². The van der Waals surface area contributed by atoms with Crippen molar-refractivity contribution in [1.82, 2.24) is 5.06 Å². The van der Waals surface area contributed by atoms with E-state index in [2.05, 4.69) is 15.9 Å². The lowest BCUT2D eigenvalue weighted by molar-refractivity contribution is -0.199. The number of ether oxygens (including phenoxy) is 1. The van der Waals surface area contributed by atoms with Crippen molar-refractivity contribution in [3.05, 3.63) is 0 Å². The molecule has 0 aromatic rings. The zero-order chi connectivity index (χ0) is 20.3. The van der Waals surface area contributed by atoms with Gasteiger partial charge in [0.25, 0.3) is 11.8 Å². The Morgan fingerprint density at radius 2 is 1.54 bits per heavy atom. The first-order chi connectivity index (χ1) is 11.8. The number of methoxy groups -OCH3 is 1. The largest absolute Gasteiger partial charge is 0.469 e. The van der Waals surface area contributed by atoms with Gasteiger partial charge in [0.15, 0.2) is 0 Å². The first kappa shape index (κ1) is 22.6. The highest BCUT2D eigenvalue weighted by atomic mass is 79.9. The summed E-state index contributed by atoms with van der Waals surface area (Å²) in [6, 6.07) is 0. The number of carbonyl (C=O) groups is 4. The lowest BCUT2D eigenvalue weighted by atomic mass is 9.69. The Hall–Kier alpha value is -1.44. The van der Waals surface area contributed by atoms with E-state index in [9.17, 15) is 19.2 Å². The minimum absolute atomic E-state index is 0.0235. The van der Waals surface area contributed by atoms with E-state index in [1.807, 2.05) is 20.8 Å². The van der Waals surface area contributed by atoms with Crippen LogP contribution >= 0.6 is 15.9 Å². The highest BCUT2D eigenvalue weighted by Gasteiger charge is 2.48. The normalized spacial score (nSPS) is 19.7. The number of nitrogens with zero attached hydrogens (tertiary/aromatic N) is 1. The van der Waals surface area contributed by atoms with Crippen LogP contribution < -0.4 is 0 Å². The van der Waals surface area contributed by atoms with Gasteiger partial charge in [0.05, 0.1) is 12.5 Å². The second-order valence-corrected chi connectivity index (χ2v) is 9.83. The highest BCUT2D eigenvalue weighted by Crippen LogP contribution is 2.44. The molecule has 7 nitrogen and oxygen atoms in total. The fraction of sp³-hybridized carbons (Fsp3) is 0.778. The Balaban J connectivity index is 3.00. The van der Waals surface area contributed by atoms with Crippen LogP contribution in [0.1, 0.15) is 66.7 Å². The molecule has 1 heterocycles. The van der Waals surface area contributed by atoms with Gasteiger partial charge in [-0.25, -0.2) is 4.79 Å². The van der Waals surface area contributed by atoms with Crippen molar-refractivity contribution in [2.45, 2.75) is 71.0 Å². The molecule has 0 saturated carbocycles. The summed E-state index contributed by atoms with van der Waals surface area (Å²) in [4.78, 5) is 53.3. The van der Waals surface area contributed by atoms with E-state index in [4.69, 9.17) is 9.57 Å². The standard InChI is InChI=1S/C18H28BrNO6/c1-7-16(2,3)10-17(4,14(23)25-6)11-18(5,19)15(24)26-20-12(21)8-9-13(20)22/h7-11H2,1-6H3. The highest BCUT2D eigenvalue weighted by molar-refractivity contribution is 9.10. The Kier molecular flexibility index (Phi) is 7.01. The van der Waals surface area contributed by atoms with Gasteiger partial charge < -0.3 is 9.57 Å². The molecule has 0 aliphatic carbocycles. The summed E-state index contributed by atoms with van der Waals surface area (Å²) in [5, 5.41) is 0.507. The minimum atomic E-state index is -1.27. The minimum Gasteiger partial charge on any atom is -0.469 e. The third kappa shape index (κ3) is 5.28. The summed E-state index contributed by atoms with van der Waals surface area (Å²) in [7, 11) is 1.31. The number of rotatable bonds is 8. The van der Waals surface area contributed by atoms with Gasteiger partial charge in [-0.1, -0.05) is 43.1 Å². The number of carbonyl (C=O) groups excluding carboxylic acids is 4. The van der Waals surface area contributed by atoms with Crippen LogP contribution in [-0.4, -0.2) is 40.3 Å². The molecule has 1 aliphatic rings. The van der Waals surface area contributed by atoms with Crippen LogP contribution in [0.15, 0.2) is 0 Å². The molecule has 2 unspecified atom stereocenters. The van der Waals surface area contributed by atoms with Crippen molar-refractivity contribution >= 4 is 39.7 Å². The number of imide groups is 1. The molecule has 0 spiro atoms. The molecule has 0 bridgehead atoms. The molecule has 0 N–H and O–H groups in total. The lowest BCUT2D eigenvalue weighted by Crippen LogP contribution is -2.45. The van der Waals surface area contributed by atoms with Crippen molar-refractivity contribution in [2.24, 2.45) is 10.8 Å². The predicted octanol–water partition coefficient (Wildman–Crippen LogP) is 3.14. The zero-order valence-electron chi connectivity index (χ0n) is 16.3. The molecular formula is C18H28BrNO6. The first-order valence-electron chi connectivity index (χ1n) is 8.63. The van der Waals surface area contributed by atoms with Crippen molar-refractivity contribution in [2.75, 3.05) is 7.11 Å². The summed E-state index contributed by atoms with van der Waals surface area (Å²) < 4.78 is 3.69. The predicted molar refractivity (Wildman–Crippen MR) is 97.9 cm³/mol. The quantitative estimate of drug-likeness (QED) is 0.331. The topological polar surface area (TPSA) is 90.0 Å². The smallest absolute Gasteiger partial charge is 0.349 e. The van der Waals surface area contributed by atoms with Gasteiger partial charge in [-0.3, -0.25) is 14.4 Å². The Morgan fingerprint density at radius 1 is 1.04 bits per heavy atom. The number of hydroxylamine groups is 2. The molecule has 0 aromatic heterocycles. The molecule has 2 amide bonds. The number of halogens is 1. The van der Waals surface area contributed by atoms with Crippen molar-refractivity contribution in [3.63, 3.8) is 0 Å². The van der Waals surface area contributed by atoms with Gasteiger partial charge in [0, 0.05) is 12.8 Å². The maximum Gasteiger partial charge on any atom is 0.349 e. The van der Waals surface area contributed by atoms with Gasteiger partial charge in [-0.2, -0.15) is 0 Å². The van der Waals surface area contributed by atoms with Crippen LogP contribution in [0.2, 0.25) is 0 Å². The molecule has 0 radical (unpaired) electrons. The summed E-state index contributed by atoms with van der Waals surface area (Å²) in [5.41, 5.74) is -1.10. The number of hydrogen-bond donors (Lipinski definition) is 0. The second kappa shape index (κ2) is 8.06. The van der Waals surface area contributed by atoms with Gasteiger partial charge in [-0.15, -0.1) is 5.06 Å². The zero-order valence-corrected chi connectivity index (χ0v) is 17.9. The SMILES string of the molecule is CCC(C)(C)CC(C)(CC(C)(Br)C(=O)ON1C(=O)CCC1=O)C(=O)OC. The molecule has 1 aliphatic heterocycles. The van der Waals surface area contributed by atoms with Crippen LogP contribution in [0.5, 0.6) is 0 Å². The van der Waals surface area contributed by atoms with Crippen LogP contribution in [0.4, 0.5) is 0 Å². The molecule has 148 valence electrons. The molecule has 1 saturated heterocycles. The molecule has 1 rings (SSSR count). The summed E-state index contributed by atoms with van der Waals surface area (Å²) >= 11 is 3.33. The molecule has 0 aromatic carbocycles. The Morgan fingerprint density at radius 3 is 1.96 bits per heavy atom. The van der Waals surface area contributed by atoms with Crippen LogP contribution in [0, 0.1) is 10.8 Å². The third-order valence-corrected chi connectivity index (χ3v) is 5.44. The van der Waals surface area contributed by atoms with Gasteiger partial charge in [-0.05, 0) is 32.1 Å². The van der Waals surface area contributed by atoms with E-state index in [0.717, 1.165) is 6.42 Å². The van der Waals surface area contributed by atoms with Crippen LogP contribution in [-0.2, 0) is 28.8 Å². The monoisotopic (exact) mass is 433 g/mol. The summed E-state index contributed by atoms with van der Waals surface area (Å²) in [6.45, 7) is 9.42.